The van der Waals surface area contributed by atoms with Gasteiger partial charge in [-0.25, -0.2) is 4.79 Å². The summed E-state index contributed by atoms with van der Waals surface area (Å²) in [5, 5.41) is 15.8. The molecule has 0 heterocycles. The van der Waals surface area contributed by atoms with Crippen LogP contribution in [0.25, 0.3) is 0 Å². The summed E-state index contributed by atoms with van der Waals surface area (Å²) in [5.41, 5.74) is 2.15. The van der Waals surface area contributed by atoms with Gasteiger partial charge in [-0.15, -0.1) is 0 Å². The Balaban J connectivity index is 1.36. The number of urea groups is 1. The molecule has 0 bridgehead atoms. The molecule has 120 valence electrons. The van der Waals surface area contributed by atoms with Crippen LogP contribution in [0.5, 0.6) is 0 Å². The van der Waals surface area contributed by atoms with Crippen LogP contribution in [0.1, 0.15) is 36.0 Å². The number of carbonyl (C=O) groups excluding carboxylic acids is 1. The van der Waals surface area contributed by atoms with Crippen LogP contribution in [0.3, 0.4) is 0 Å². The van der Waals surface area contributed by atoms with E-state index in [4.69, 9.17) is 0 Å². The van der Waals surface area contributed by atoms with Gasteiger partial charge in [0.25, 0.3) is 0 Å². The molecule has 3 N–H and O–H groups in total. The maximum absolute atomic E-state index is 11.9. The van der Waals surface area contributed by atoms with Crippen molar-refractivity contribution in [2.45, 2.75) is 30.9 Å². The summed E-state index contributed by atoms with van der Waals surface area (Å²) in [6.45, 7) is 0.449. The van der Waals surface area contributed by atoms with E-state index in [1.54, 1.807) is 0 Å². The van der Waals surface area contributed by atoms with E-state index in [-0.39, 0.29) is 12.1 Å². The Morgan fingerprint density at radius 2 is 1.74 bits per heavy atom. The molecular weight excluding hydrogens is 288 g/mol. The molecule has 3 rings (SSSR count). The van der Waals surface area contributed by atoms with Gasteiger partial charge in [0.2, 0.25) is 0 Å². The topological polar surface area (TPSA) is 61.4 Å². The molecule has 0 aromatic heterocycles. The van der Waals surface area contributed by atoms with Gasteiger partial charge in [-0.3, -0.25) is 0 Å². The Morgan fingerprint density at radius 1 is 1.09 bits per heavy atom. The van der Waals surface area contributed by atoms with Gasteiger partial charge in [-0.05, 0) is 24.0 Å². The third-order valence-electron chi connectivity index (χ3n) is 4.22. The molecule has 1 saturated carbocycles. The third-order valence-corrected chi connectivity index (χ3v) is 4.22. The number of benzene rings is 2. The van der Waals surface area contributed by atoms with Crippen molar-refractivity contribution >= 4 is 6.03 Å². The summed E-state index contributed by atoms with van der Waals surface area (Å²) in [6.07, 6.45) is 0.948. The summed E-state index contributed by atoms with van der Waals surface area (Å²) in [4.78, 5) is 11.9. The molecule has 0 aliphatic heterocycles. The van der Waals surface area contributed by atoms with E-state index in [0.717, 1.165) is 12.0 Å². The van der Waals surface area contributed by atoms with Gasteiger partial charge in [-0.1, -0.05) is 60.7 Å². The number of hydrogen-bond donors (Lipinski definition) is 3. The second kappa shape index (κ2) is 7.29. The molecule has 2 amide bonds. The fourth-order valence-corrected chi connectivity index (χ4v) is 2.81. The number of hydrogen-bond acceptors (Lipinski definition) is 2. The van der Waals surface area contributed by atoms with Gasteiger partial charge in [0.05, 0.1) is 6.10 Å². The second-order valence-electron chi connectivity index (χ2n) is 5.97. The van der Waals surface area contributed by atoms with Crippen LogP contribution >= 0.6 is 0 Å². The van der Waals surface area contributed by atoms with Gasteiger partial charge in [-0.2, -0.15) is 0 Å². The van der Waals surface area contributed by atoms with Gasteiger partial charge >= 0.3 is 6.03 Å². The molecule has 2 aromatic rings. The van der Waals surface area contributed by atoms with E-state index in [1.165, 1.54) is 5.56 Å². The molecular formula is C19H22N2O2. The van der Waals surface area contributed by atoms with Gasteiger partial charge < -0.3 is 15.7 Å². The predicted octanol–water partition coefficient (Wildman–Crippen LogP) is 2.97. The van der Waals surface area contributed by atoms with Crippen LogP contribution in [-0.4, -0.2) is 23.7 Å². The molecule has 23 heavy (non-hydrogen) atoms. The van der Waals surface area contributed by atoms with Crippen molar-refractivity contribution in [2.75, 3.05) is 6.54 Å². The highest BCUT2D eigenvalue weighted by Crippen LogP contribution is 2.40. The van der Waals surface area contributed by atoms with Crippen molar-refractivity contribution in [3.63, 3.8) is 0 Å². The molecule has 1 fully saturated rings. The van der Waals surface area contributed by atoms with Crippen LogP contribution in [0.2, 0.25) is 0 Å². The van der Waals surface area contributed by atoms with E-state index in [1.807, 2.05) is 48.5 Å². The average molecular weight is 310 g/mol. The summed E-state index contributed by atoms with van der Waals surface area (Å²) >= 11 is 0. The fraction of sp³-hybridized carbons (Fsp3) is 0.316. The number of nitrogens with one attached hydrogen (secondary N) is 2. The lowest BCUT2D eigenvalue weighted by molar-refractivity contribution is 0.167. The zero-order valence-corrected chi connectivity index (χ0v) is 13.0. The summed E-state index contributed by atoms with van der Waals surface area (Å²) in [5.74, 6) is 0.428. The summed E-state index contributed by atoms with van der Waals surface area (Å²) < 4.78 is 0. The van der Waals surface area contributed by atoms with E-state index >= 15 is 0 Å². The average Bonchev–Trinajstić information content (AvgIpc) is 3.35. The summed E-state index contributed by atoms with van der Waals surface area (Å²) in [7, 11) is 0. The number of aliphatic hydroxyl groups is 1. The monoisotopic (exact) mass is 310 g/mol. The Bertz CT molecular complexity index is 630. The number of rotatable bonds is 6. The minimum absolute atomic E-state index is 0.159. The fourth-order valence-electron chi connectivity index (χ4n) is 2.81. The first kappa shape index (κ1) is 15.6. The van der Waals surface area contributed by atoms with Gasteiger partial charge in [0, 0.05) is 18.5 Å². The SMILES string of the molecule is O=C(NCCC(O)c1ccccc1)NC1CC1c1ccccc1. The first-order chi connectivity index (χ1) is 11.2. The molecule has 0 saturated heterocycles. The normalized spacial score (nSPS) is 20.6. The highest BCUT2D eigenvalue weighted by Gasteiger charge is 2.39. The lowest BCUT2D eigenvalue weighted by Gasteiger charge is -2.12. The molecule has 3 atom stereocenters. The molecule has 3 unspecified atom stereocenters. The molecule has 2 aromatic carbocycles. The highest BCUT2D eigenvalue weighted by atomic mass is 16.3. The molecule has 1 aliphatic rings. The molecule has 1 aliphatic carbocycles. The van der Waals surface area contributed by atoms with Crippen molar-refractivity contribution in [3.8, 4) is 0 Å². The van der Waals surface area contributed by atoms with Crippen LogP contribution in [0.15, 0.2) is 60.7 Å². The smallest absolute Gasteiger partial charge is 0.315 e. The zero-order chi connectivity index (χ0) is 16.1. The predicted molar refractivity (Wildman–Crippen MR) is 90.1 cm³/mol. The minimum Gasteiger partial charge on any atom is -0.388 e. The molecule has 0 radical (unpaired) electrons. The number of amides is 2. The standard InChI is InChI=1S/C19H22N2O2/c22-18(15-9-5-2-6-10-15)11-12-20-19(23)21-17-13-16(17)14-7-3-1-4-8-14/h1-10,16-18,22H,11-13H2,(H2,20,21,23). The first-order valence-electron chi connectivity index (χ1n) is 8.06. The largest absolute Gasteiger partial charge is 0.388 e. The maximum Gasteiger partial charge on any atom is 0.315 e. The van der Waals surface area contributed by atoms with E-state index in [2.05, 4.69) is 22.8 Å². The Kier molecular flexibility index (Phi) is 4.93. The Labute approximate surface area is 136 Å². The lowest BCUT2D eigenvalue weighted by atomic mass is 10.1. The zero-order valence-electron chi connectivity index (χ0n) is 13.0. The molecule has 0 spiro atoms. The minimum atomic E-state index is -0.547. The third kappa shape index (κ3) is 4.33. The van der Waals surface area contributed by atoms with E-state index in [9.17, 15) is 9.90 Å². The quantitative estimate of drug-likeness (QED) is 0.768. The number of aliphatic hydroxyl groups excluding tert-OH is 1. The Hall–Kier alpha value is -2.33. The lowest BCUT2D eigenvalue weighted by Crippen LogP contribution is -2.38. The van der Waals surface area contributed by atoms with Crippen molar-refractivity contribution in [3.05, 3.63) is 71.8 Å². The summed E-state index contributed by atoms with van der Waals surface area (Å²) in [6, 6.07) is 19.8. The molecule has 4 nitrogen and oxygen atoms in total. The molecule has 4 heteroatoms. The van der Waals surface area contributed by atoms with E-state index < -0.39 is 6.10 Å². The Morgan fingerprint density at radius 3 is 2.43 bits per heavy atom. The van der Waals surface area contributed by atoms with Crippen molar-refractivity contribution in [1.29, 1.82) is 0 Å². The van der Waals surface area contributed by atoms with Crippen LogP contribution in [0.4, 0.5) is 4.79 Å². The van der Waals surface area contributed by atoms with Crippen LogP contribution in [-0.2, 0) is 0 Å². The first-order valence-corrected chi connectivity index (χ1v) is 8.06. The second-order valence-corrected chi connectivity index (χ2v) is 5.97. The highest BCUT2D eigenvalue weighted by molar-refractivity contribution is 5.74. The van der Waals surface area contributed by atoms with Gasteiger partial charge in [0.1, 0.15) is 0 Å². The van der Waals surface area contributed by atoms with Crippen LogP contribution < -0.4 is 10.6 Å². The van der Waals surface area contributed by atoms with E-state index in [0.29, 0.717) is 18.9 Å². The maximum atomic E-state index is 11.9. The van der Waals surface area contributed by atoms with Gasteiger partial charge in [0.15, 0.2) is 0 Å². The number of carbonyl (C=O) groups is 1. The van der Waals surface area contributed by atoms with Crippen LogP contribution in [0, 0.1) is 0 Å². The van der Waals surface area contributed by atoms with Crippen molar-refractivity contribution in [2.24, 2.45) is 0 Å². The van der Waals surface area contributed by atoms with Crippen molar-refractivity contribution in [1.82, 2.24) is 10.6 Å². The van der Waals surface area contributed by atoms with Crippen molar-refractivity contribution < 1.29 is 9.90 Å².